The van der Waals surface area contributed by atoms with E-state index in [0.717, 1.165) is 37.5 Å². The van der Waals surface area contributed by atoms with Gasteiger partial charge in [0.1, 0.15) is 0 Å². The van der Waals surface area contributed by atoms with Crippen LogP contribution in [-0.2, 0) is 16.0 Å². The van der Waals surface area contributed by atoms with E-state index < -0.39 is 0 Å². The molecule has 1 aromatic rings. The van der Waals surface area contributed by atoms with E-state index >= 15 is 0 Å². The van der Waals surface area contributed by atoms with E-state index in [1.54, 1.807) is 11.3 Å². The molecule has 3 atom stereocenters. The van der Waals surface area contributed by atoms with E-state index in [-0.39, 0.29) is 12.0 Å². The van der Waals surface area contributed by atoms with E-state index in [2.05, 4.69) is 30.7 Å². The monoisotopic (exact) mass is 336 g/mol. The molecule has 23 heavy (non-hydrogen) atoms. The van der Waals surface area contributed by atoms with Gasteiger partial charge in [0.05, 0.1) is 19.1 Å². The van der Waals surface area contributed by atoms with Gasteiger partial charge in [0.2, 0.25) is 5.91 Å². The van der Waals surface area contributed by atoms with Gasteiger partial charge in [-0.3, -0.25) is 4.79 Å². The third kappa shape index (κ3) is 3.95. The lowest BCUT2D eigenvalue weighted by Crippen LogP contribution is -2.48. The van der Waals surface area contributed by atoms with Gasteiger partial charge in [0.15, 0.2) is 0 Å². The largest absolute Gasteiger partial charge is 0.376 e. The van der Waals surface area contributed by atoms with Gasteiger partial charge in [-0.1, -0.05) is 6.07 Å². The fourth-order valence-electron chi connectivity index (χ4n) is 3.61. The minimum absolute atomic E-state index is 0.268. The standard InChI is InChI=1S/C18H28N2O2S/c1-13(2)19(3)11-17-16-10-20(7-6-14(16)12-22-17)18(21)9-15-5-4-8-23-15/h4-5,8,13-14,16-17H,6-7,9-12H2,1-3H3/t14-,16-,17+/m0/s1. The number of likely N-dealkylation sites (tertiary alicyclic amines) is 1. The highest BCUT2D eigenvalue weighted by Crippen LogP contribution is 2.35. The number of rotatable bonds is 5. The summed E-state index contributed by atoms with van der Waals surface area (Å²) in [4.78, 5) is 18.1. The maximum atomic E-state index is 12.6. The molecule has 2 aliphatic rings. The molecular formula is C18H28N2O2S. The molecule has 2 fully saturated rings. The number of likely N-dealkylation sites (N-methyl/N-ethyl adjacent to an activating group) is 1. The van der Waals surface area contributed by atoms with Crippen LogP contribution in [0.3, 0.4) is 0 Å². The Labute approximate surface area is 143 Å². The van der Waals surface area contributed by atoms with Crippen molar-refractivity contribution in [2.75, 3.05) is 33.3 Å². The highest BCUT2D eigenvalue weighted by atomic mass is 32.1. The molecule has 0 spiro atoms. The van der Waals surface area contributed by atoms with Crippen LogP contribution >= 0.6 is 11.3 Å². The lowest BCUT2D eigenvalue weighted by molar-refractivity contribution is -0.133. The van der Waals surface area contributed by atoms with Crippen molar-refractivity contribution >= 4 is 17.2 Å². The summed E-state index contributed by atoms with van der Waals surface area (Å²) in [6.45, 7) is 8.02. The molecule has 0 N–H and O–H groups in total. The maximum absolute atomic E-state index is 12.6. The predicted octanol–water partition coefficient (Wildman–Crippen LogP) is 2.49. The average Bonchev–Trinajstić information content (AvgIpc) is 3.17. The Balaban J connectivity index is 1.59. The molecule has 0 radical (unpaired) electrons. The molecule has 5 heteroatoms. The van der Waals surface area contributed by atoms with Crippen molar-refractivity contribution in [3.63, 3.8) is 0 Å². The Kier molecular flexibility index (Phi) is 5.39. The SMILES string of the molecule is CC(C)N(C)C[C@H]1OC[C@@H]2CCN(C(=O)Cc3cccs3)C[C@@H]21. The molecule has 1 aromatic heterocycles. The smallest absolute Gasteiger partial charge is 0.227 e. The summed E-state index contributed by atoms with van der Waals surface area (Å²) in [7, 11) is 2.16. The fourth-order valence-corrected chi connectivity index (χ4v) is 4.31. The minimum atomic E-state index is 0.268. The fraction of sp³-hybridized carbons (Fsp3) is 0.722. The predicted molar refractivity (Wildman–Crippen MR) is 93.7 cm³/mol. The van der Waals surface area contributed by atoms with Crippen molar-refractivity contribution in [3.05, 3.63) is 22.4 Å². The van der Waals surface area contributed by atoms with Crippen LogP contribution in [0.15, 0.2) is 17.5 Å². The first-order chi connectivity index (χ1) is 11.0. The van der Waals surface area contributed by atoms with E-state index in [9.17, 15) is 4.79 Å². The van der Waals surface area contributed by atoms with Crippen molar-refractivity contribution in [2.24, 2.45) is 11.8 Å². The molecule has 1 amide bonds. The van der Waals surface area contributed by atoms with Gasteiger partial charge < -0.3 is 14.5 Å². The second-order valence-electron chi connectivity index (χ2n) is 7.21. The average molecular weight is 337 g/mol. The number of carbonyl (C=O) groups is 1. The lowest BCUT2D eigenvalue weighted by atomic mass is 9.84. The lowest BCUT2D eigenvalue weighted by Gasteiger charge is -2.37. The van der Waals surface area contributed by atoms with Crippen LogP contribution in [0, 0.1) is 11.8 Å². The summed E-state index contributed by atoms with van der Waals surface area (Å²) in [5.74, 6) is 1.40. The van der Waals surface area contributed by atoms with Crippen molar-refractivity contribution in [1.29, 1.82) is 0 Å². The third-order valence-corrected chi connectivity index (χ3v) is 6.29. The van der Waals surface area contributed by atoms with E-state index in [1.165, 1.54) is 0 Å². The topological polar surface area (TPSA) is 32.8 Å². The Hall–Kier alpha value is -0.910. The molecule has 3 heterocycles. The van der Waals surface area contributed by atoms with Crippen molar-refractivity contribution in [2.45, 2.75) is 38.8 Å². The minimum Gasteiger partial charge on any atom is -0.376 e. The number of piperidine rings is 1. The van der Waals surface area contributed by atoms with Crippen LogP contribution in [-0.4, -0.2) is 61.1 Å². The van der Waals surface area contributed by atoms with Crippen LogP contribution in [0.5, 0.6) is 0 Å². The molecule has 0 bridgehead atoms. The first-order valence-corrected chi connectivity index (χ1v) is 9.54. The first-order valence-electron chi connectivity index (χ1n) is 8.66. The normalized spacial score (nSPS) is 27.7. The molecule has 2 aliphatic heterocycles. The van der Waals surface area contributed by atoms with Gasteiger partial charge in [0, 0.05) is 36.5 Å². The van der Waals surface area contributed by atoms with Crippen LogP contribution in [0.1, 0.15) is 25.1 Å². The second-order valence-corrected chi connectivity index (χ2v) is 8.25. The summed E-state index contributed by atoms with van der Waals surface area (Å²) < 4.78 is 6.08. The van der Waals surface area contributed by atoms with Gasteiger partial charge in [-0.05, 0) is 44.7 Å². The van der Waals surface area contributed by atoms with E-state index in [4.69, 9.17) is 4.74 Å². The molecule has 3 rings (SSSR count). The summed E-state index contributed by atoms with van der Waals surface area (Å²) >= 11 is 1.67. The van der Waals surface area contributed by atoms with E-state index in [0.29, 0.717) is 24.3 Å². The number of amides is 1. The number of fused-ring (bicyclic) bond motifs is 1. The molecule has 128 valence electrons. The number of hydrogen-bond donors (Lipinski definition) is 0. The highest BCUT2D eigenvalue weighted by Gasteiger charge is 2.42. The summed E-state index contributed by atoms with van der Waals surface area (Å²) in [6.07, 6.45) is 1.90. The Morgan fingerprint density at radius 2 is 2.35 bits per heavy atom. The van der Waals surface area contributed by atoms with Gasteiger partial charge in [-0.15, -0.1) is 11.3 Å². The van der Waals surface area contributed by atoms with Crippen LogP contribution in [0.25, 0.3) is 0 Å². The number of thiophene rings is 1. The summed E-state index contributed by atoms with van der Waals surface area (Å²) in [5, 5.41) is 2.04. The van der Waals surface area contributed by atoms with Gasteiger partial charge >= 0.3 is 0 Å². The van der Waals surface area contributed by atoms with Crippen molar-refractivity contribution in [3.8, 4) is 0 Å². The zero-order chi connectivity index (χ0) is 16.4. The molecule has 0 aromatic carbocycles. The Morgan fingerprint density at radius 1 is 1.52 bits per heavy atom. The van der Waals surface area contributed by atoms with E-state index in [1.807, 2.05) is 17.5 Å². The summed E-state index contributed by atoms with van der Waals surface area (Å²) in [5.41, 5.74) is 0. The number of hydrogen-bond acceptors (Lipinski definition) is 4. The molecule has 0 aliphatic carbocycles. The van der Waals surface area contributed by atoms with Gasteiger partial charge in [-0.25, -0.2) is 0 Å². The third-order valence-electron chi connectivity index (χ3n) is 5.42. The number of ether oxygens (including phenoxy) is 1. The summed E-state index contributed by atoms with van der Waals surface area (Å²) in [6, 6.07) is 4.59. The van der Waals surface area contributed by atoms with Crippen molar-refractivity contribution in [1.82, 2.24) is 9.80 Å². The zero-order valence-corrected chi connectivity index (χ0v) is 15.2. The Bertz CT molecular complexity index is 517. The van der Waals surface area contributed by atoms with Crippen molar-refractivity contribution < 1.29 is 9.53 Å². The molecule has 2 saturated heterocycles. The Morgan fingerprint density at radius 3 is 3.04 bits per heavy atom. The molecule has 0 saturated carbocycles. The maximum Gasteiger partial charge on any atom is 0.227 e. The van der Waals surface area contributed by atoms with Crippen LogP contribution < -0.4 is 0 Å². The zero-order valence-electron chi connectivity index (χ0n) is 14.4. The molecular weight excluding hydrogens is 308 g/mol. The number of carbonyl (C=O) groups excluding carboxylic acids is 1. The quantitative estimate of drug-likeness (QED) is 0.828. The van der Waals surface area contributed by atoms with Gasteiger partial charge in [0.25, 0.3) is 0 Å². The van der Waals surface area contributed by atoms with Gasteiger partial charge in [-0.2, -0.15) is 0 Å². The molecule has 0 unspecified atom stereocenters. The number of nitrogens with zero attached hydrogens (tertiary/aromatic N) is 2. The van der Waals surface area contributed by atoms with Crippen LogP contribution in [0.2, 0.25) is 0 Å². The highest BCUT2D eigenvalue weighted by molar-refractivity contribution is 7.10. The first kappa shape index (κ1) is 16.9. The molecule has 4 nitrogen and oxygen atoms in total. The second kappa shape index (κ2) is 7.32. The van der Waals surface area contributed by atoms with Crippen LogP contribution in [0.4, 0.5) is 0 Å².